The second kappa shape index (κ2) is 8.12. The van der Waals surface area contributed by atoms with Gasteiger partial charge in [-0.25, -0.2) is 13.8 Å². The van der Waals surface area contributed by atoms with Gasteiger partial charge in [0.1, 0.15) is 23.6 Å². The van der Waals surface area contributed by atoms with E-state index >= 15 is 0 Å². The predicted octanol–water partition coefficient (Wildman–Crippen LogP) is 1.22. The zero-order chi connectivity index (χ0) is 22.3. The van der Waals surface area contributed by atoms with Crippen LogP contribution in [0.1, 0.15) is 46.5 Å². The average Bonchev–Trinajstić information content (AvgIpc) is 3.11. The Bertz CT molecular complexity index is 811. The molecule has 2 heterocycles. The quantitative estimate of drug-likeness (QED) is 0.627. The Kier molecular flexibility index (Phi) is 6.08. The van der Waals surface area contributed by atoms with E-state index < -0.39 is 53.1 Å². The molecule has 0 aromatic carbocycles. The lowest BCUT2D eigenvalue weighted by Gasteiger charge is -2.28. The number of halogens is 2. The van der Waals surface area contributed by atoms with Crippen molar-refractivity contribution in [3.8, 4) is 0 Å². The van der Waals surface area contributed by atoms with E-state index in [0.29, 0.717) is 6.42 Å². The first-order valence-electron chi connectivity index (χ1n) is 9.64. The number of alkyl halides is 2. The highest BCUT2D eigenvalue weighted by atomic mass is 32.2. The van der Waals surface area contributed by atoms with Crippen LogP contribution in [0, 0.1) is 5.92 Å². The summed E-state index contributed by atoms with van der Waals surface area (Å²) in [5.74, 6) is -5.52. The first-order valence-corrected chi connectivity index (χ1v) is 10.5. The third-order valence-electron chi connectivity index (χ3n) is 4.77. The van der Waals surface area contributed by atoms with E-state index in [-0.39, 0.29) is 30.3 Å². The fourth-order valence-corrected chi connectivity index (χ4v) is 4.69. The summed E-state index contributed by atoms with van der Waals surface area (Å²) < 4.78 is 32.5. The number of amidine groups is 1. The second-order valence-electron chi connectivity index (χ2n) is 8.56. The topological polar surface area (TPSA) is 126 Å². The molecule has 3 aliphatic rings. The SMILES string of the molecule is CC(C)(C)OC(=O)CN1N=C(C(N)=O)C2N=C(NC(=O)C3CCCC(F)(F)C3)SC21. The number of carbonyl (C=O) groups is 3. The van der Waals surface area contributed by atoms with Gasteiger partial charge in [0, 0.05) is 18.8 Å². The molecule has 1 fully saturated rings. The number of ether oxygens (including phenoxy) is 1. The van der Waals surface area contributed by atoms with Gasteiger partial charge in [0.25, 0.3) is 5.91 Å². The second-order valence-corrected chi connectivity index (χ2v) is 9.66. The summed E-state index contributed by atoms with van der Waals surface area (Å²) in [5.41, 5.74) is 4.66. The van der Waals surface area contributed by atoms with Crippen LogP contribution in [0.3, 0.4) is 0 Å². The number of hydrazone groups is 1. The summed E-state index contributed by atoms with van der Waals surface area (Å²) in [7, 11) is 0. The zero-order valence-corrected chi connectivity index (χ0v) is 17.8. The van der Waals surface area contributed by atoms with Crippen molar-refractivity contribution < 1.29 is 27.9 Å². The highest BCUT2D eigenvalue weighted by Gasteiger charge is 2.47. The van der Waals surface area contributed by atoms with E-state index in [9.17, 15) is 23.2 Å². The molecule has 1 saturated carbocycles. The lowest BCUT2D eigenvalue weighted by molar-refractivity contribution is -0.156. The van der Waals surface area contributed by atoms with Gasteiger partial charge in [-0.05, 0) is 33.6 Å². The minimum Gasteiger partial charge on any atom is -0.459 e. The van der Waals surface area contributed by atoms with E-state index in [0.717, 1.165) is 11.8 Å². The van der Waals surface area contributed by atoms with Crippen LogP contribution in [0.15, 0.2) is 10.1 Å². The van der Waals surface area contributed by atoms with Crippen molar-refractivity contribution in [1.29, 1.82) is 0 Å². The number of amides is 2. The Morgan fingerprint density at radius 2 is 2.07 bits per heavy atom. The van der Waals surface area contributed by atoms with Gasteiger partial charge in [-0.3, -0.25) is 19.4 Å². The highest BCUT2D eigenvalue weighted by molar-refractivity contribution is 8.14. The maximum absolute atomic E-state index is 13.6. The lowest BCUT2D eigenvalue weighted by atomic mass is 9.86. The number of thioether (sulfide) groups is 1. The molecule has 0 aromatic rings. The van der Waals surface area contributed by atoms with Crippen molar-refractivity contribution in [2.45, 2.75) is 69.4 Å². The fourth-order valence-electron chi connectivity index (χ4n) is 3.56. The largest absolute Gasteiger partial charge is 0.459 e. The number of fused-ring (bicyclic) bond motifs is 1. The van der Waals surface area contributed by atoms with E-state index in [1.54, 1.807) is 20.8 Å². The molecule has 3 unspecified atom stereocenters. The van der Waals surface area contributed by atoms with Gasteiger partial charge in [-0.2, -0.15) is 5.10 Å². The molecule has 3 rings (SSSR count). The Balaban J connectivity index is 1.67. The molecule has 0 aromatic heterocycles. The van der Waals surface area contributed by atoms with Crippen molar-refractivity contribution in [1.82, 2.24) is 10.3 Å². The summed E-state index contributed by atoms with van der Waals surface area (Å²) in [5, 5.41) is 7.65. The number of aliphatic imine (C=N–C) groups is 1. The van der Waals surface area contributed by atoms with Gasteiger partial charge in [0.15, 0.2) is 10.9 Å². The first-order chi connectivity index (χ1) is 13.8. The molecule has 0 bridgehead atoms. The zero-order valence-electron chi connectivity index (χ0n) is 17.0. The van der Waals surface area contributed by atoms with Crippen LogP contribution in [0.5, 0.6) is 0 Å². The Morgan fingerprint density at radius 3 is 2.67 bits per heavy atom. The van der Waals surface area contributed by atoms with Crippen LogP contribution in [-0.4, -0.2) is 63.2 Å². The van der Waals surface area contributed by atoms with Gasteiger partial charge in [-0.15, -0.1) is 0 Å². The smallest absolute Gasteiger partial charge is 0.327 e. The van der Waals surface area contributed by atoms with E-state index in [1.807, 2.05) is 0 Å². The molecule has 1 aliphatic carbocycles. The van der Waals surface area contributed by atoms with Gasteiger partial charge in [-0.1, -0.05) is 11.8 Å². The van der Waals surface area contributed by atoms with E-state index in [4.69, 9.17) is 10.5 Å². The fraction of sp³-hybridized carbons (Fsp3) is 0.722. The van der Waals surface area contributed by atoms with E-state index in [1.165, 1.54) is 5.01 Å². The number of carbonyl (C=O) groups excluding carboxylic acids is 3. The summed E-state index contributed by atoms with van der Waals surface area (Å²) in [6.07, 6.45) is -0.0554. The number of nitrogens with two attached hydrogens (primary N) is 1. The maximum atomic E-state index is 13.6. The van der Waals surface area contributed by atoms with Gasteiger partial charge >= 0.3 is 5.97 Å². The Labute approximate surface area is 176 Å². The number of rotatable bonds is 4. The van der Waals surface area contributed by atoms with Crippen molar-refractivity contribution >= 4 is 40.4 Å². The number of nitrogens with zero attached hydrogens (tertiary/aromatic N) is 3. The molecule has 2 amide bonds. The molecule has 166 valence electrons. The van der Waals surface area contributed by atoms with Crippen LogP contribution >= 0.6 is 11.8 Å². The summed E-state index contributed by atoms with van der Waals surface area (Å²) in [4.78, 5) is 40.7. The Hall–Kier alpha value is -2.24. The van der Waals surface area contributed by atoms with Crippen molar-refractivity contribution in [3.63, 3.8) is 0 Å². The normalized spacial score (nSPS) is 27.8. The van der Waals surface area contributed by atoms with Gasteiger partial charge in [0.05, 0.1) is 0 Å². The third-order valence-corrected chi connectivity index (χ3v) is 5.95. The molecule has 0 spiro atoms. The molecule has 12 heteroatoms. The summed E-state index contributed by atoms with van der Waals surface area (Å²) in [6.45, 7) is 4.96. The number of nitrogens with one attached hydrogen (secondary N) is 1. The van der Waals surface area contributed by atoms with Crippen LogP contribution in [0.4, 0.5) is 8.78 Å². The molecular weight excluding hydrogens is 420 g/mol. The van der Waals surface area contributed by atoms with E-state index in [2.05, 4.69) is 15.4 Å². The lowest BCUT2D eigenvalue weighted by Crippen LogP contribution is -2.40. The first kappa shape index (κ1) is 22.4. The minimum atomic E-state index is -2.85. The van der Waals surface area contributed by atoms with Crippen molar-refractivity contribution in [2.24, 2.45) is 21.7 Å². The van der Waals surface area contributed by atoms with Gasteiger partial charge < -0.3 is 15.8 Å². The molecule has 3 N–H and O–H groups in total. The standard InChI is InChI=1S/C18H25F2N5O4S/c1-17(2,3)29-10(26)8-25-15-12(11(24-25)13(21)27)22-16(30-15)23-14(28)9-5-4-6-18(19,20)7-9/h9,12,15H,4-8H2,1-3H3,(H2,21,27)(H,22,23,28). The molecule has 0 radical (unpaired) electrons. The van der Waals surface area contributed by atoms with Crippen LogP contribution < -0.4 is 11.1 Å². The number of hydrogen-bond acceptors (Lipinski definition) is 8. The molecule has 2 aliphatic heterocycles. The molecular formula is C18H25F2N5O4S. The van der Waals surface area contributed by atoms with Crippen molar-refractivity contribution in [2.75, 3.05) is 6.54 Å². The van der Waals surface area contributed by atoms with Crippen LogP contribution in [0.25, 0.3) is 0 Å². The molecule has 9 nitrogen and oxygen atoms in total. The summed E-state index contributed by atoms with van der Waals surface area (Å²) in [6, 6.07) is -0.766. The molecule has 0 saturated heterocycles. The highest BCUT2D eigenvalue weighted by Crippen LogP contribution is 2.38. The molecule has 3 atom stereocenters. The Morgan fingerprint density at radius 1 is 1.37 bits per heavy atom. The van der Waals surface area contributed by atoms with Gasteiger partial charge in [0.2, 0.25) is 11.8 Å². The number of esters is 1. The van der Waals surface area contributed by atoms with Crippen LogP contribution in [-0.2, 0) is 19.1 Å². The van der Waals surface area contributed by atoms with Crippen molar-refractivity contribution in [3.05, 3.63) is 0 Å². The minimum absolute atomic E-state index is 0.0375. The summed E-state index contributed by atoms with van der Waals surface area (Å²) >= 11 is 1.09. The molecule has 30 heavy (non-hydrogen) atoms. The maximum Gasteiger partial charge on any atom is 0.327 e. The predicted molar refractivity (Wildman–Crippen MR) is 107 cm³/mol. The number of hydrogen-bond donors (Lipinski definition) is 2. The monoisotopic (exact) mass is 445 g/mol. The average molecular weight is 445 g/mol. The number of primary amides is 1. The third kappa shape index (κ3) is 5.27. The van der Waals surface area contributed by atoms with Crippen LogP contribution in [0.2, 0.25) is 0 Å².